The molecular weight excluding hydrogens is 432 g/mol. The van der Waals surface area contributed by atoms with Crippen LogP contribution in [0.2, 0.25) is 5.02 Å². The molecule has 0 radical (unpaired) electrons. The fourth-order valence-corrected chi connectivity index (χ4v) is 4.61. The minimum Gasteiger partial charge on any atom is -0.444 e. The van der Waals surface area contributed by atoms with Crippen LogP contribution in [0.1, 0.15) is 34.9 Å². The molecule has 1 aliphatic rings. The van der Waals surface area contributed by atoms with Crippen LogP contribution in [0.3, 0.4) is 0 Å². The van der Waals surface area contributed by atoms with E-state index < -0.39 is 28.0 Å². The highest BCUT2D eigenvalue weighted by Crippen LogP contribution is 2.25. The smallest absolute Gasteiger partial charge is 0.339 e. The normalized spacial score (nSPS) is 17.4. The molecule has 1 heterocycles. The highest BCUT2D eigenvalue weighted by molar-refractivity contribution is 7.89. The first-order valence-corrected chi connectivity index (χ1v) is 11.1. The molecule has 2 atom stereocenters. The van der Waals surface area contributed by atoms with Crippen molar-refractivity contribution in [1.29, 1.82) is 0 Å². The van der Waals surface area contributed by atoms with Gasteiger partial charge in [0.1, 0.15) is 4.90 Å². The van der Waals surface area contributed by atoms with Crippen LogP contribution >= 0.6 is 11.6 Å². The average molecular weight is 453 g/mol. The number of primary amides is 1. The fraction of sp³-hybridized carbons (Fsp3) is 0.300. The summed E-state index contributed by atoms with van der Waals surface area (Å²) < 4.78 is 38.4. The molecule has 0 aliphatic carbocycles. The van der Waals surface area contributed by atoms with Gasteiger partial charge in [-0.05, 0) is 31.0 Å². The zero-order valence-corrected chi connectivity index (χ0v) is 17.5. The number of benzene rings is 2. The molecule has 0 bridgehead atoms. The van der Waals surface area contributed by atoms with Gasteiger partial charge in [-0.1, -0.05) is 41.9 Å². The summed E-state index contributed by atoms with van der Waals surface area (Å²) in [6.45, 7) is 0.696. The number of esters is 1. The summed E-state index contributed by atoms with van der Waals surface area (Å²) >= 11 is 6.06. The Bertz CT molecular complexity index is 1020. The third kappa shape index (κ3) is 5.37. The number of sulfonamides is 1. The van der Waals surface area contributed by atoms with E-state index in [0.29, 0.717) is 12.2 Å². The van der Waals surface area contributed by atoms with Crippen LogP contribution in [-0.2, 0) is 24.3 Å². The van der Waals surface area contributed by atoms with Gasteiger partial charge in [0.05, 0.1) is 16.7 Å². The lowest BCUT2D eigenvalue weighted by atomic mass is 10.1. The standard InChI is InChI=1S/C20H21ClN2O6S/c21-16-9-8-14(11-17(16)30(26,27)23-12-15-7-4-10-28-15)20(25)29-18(19(22)24)13-5-2-1-3-6-13/h1-3,5-6,8-9,11,15,18,23H,4,7,10,12H2,(H2,22,24)/t15-,18+/m0/s1. The molecule has 2 aromatic carbocycles. The zero-order chi connectivity index (χ0) is 21.7. The number of carbonyl (C=O) groups excluding carboxylic acids is 2. The number of nitrogens with one attached hydrogen (secondary N) is 1. The van der Waals surface area contributed by atoms with Gasteiger partial charge in [-0.15, -0.1) is 0 Å². The predicted octanol–water partition coefficient (Wildman–Crippen LogP) is 2.18. The Balaban J connectivity index is 1.79. The van der Waals surface area contributed by atoms with Crippen molar-refractivity contribution in [3.8, 4) is 0 Å². The van der Waals surface area contributed by atoms with Gasteiger partial charge in [-0.25, -0.2) is 17.9 Å². The summed E-state index contributed by atoms with van der Waals surface area (Å²) in [4.78, 5) is 24.1. The van der Waals surface area contributed by atoms with E-state index in [9.17, 15) is 18.0 Å². The third-order valence-corrected chi connectivity index (χ3v) is 6.47. The van der Waals surface area contributed by atoms with Gasteiger partial charge in [-0.2, -0.15) is 0 Å². The van der Waals surface area contributed by atoms with E-state index in [1.165, 1.54) is 12.1 Å². The summed E-state index contributed by atoms with van der Waals surface area (Å²) in [5.41, 5.74) is 5.68. The SMILES string of the molecule is NC(=O)[C@H](OC(=O)c1ccc(Cl)c(S(=O)(=O)NC[C@@H]2CCCO2)c1)c1ccccc1. The van der Waals surface area contributed by atoms with E-state index >= 15 is 0 Å². The number of amides is 1. The van der Waals surface area contributed by atoms with Crippen LogP contribution in [0.5, 0.6) is 0 Å². The molecule has 3 rings (SSSR count). The Morgan fingerprint density at radius 1 is 1.23 bits per heavy atom. The molecule has 3 N–H and O–H groups in total. The maximum absolute atomic E-state index is 12.7. The quantitative estimate of drug-likeness (QED) is 0.591. The van der Waals surface area contributed by atoms with E-state index in [4.69, 9.17) is 26.8 Å². The van der Waals surface area contributed by atoms with Crippen LogP contribution in [0.25, 0.3) is 0 Å². The second kappa shape index (κ2) is 9.57. The lowest BCUT2D eigenvalue weighted by Gasteiger charge is -2.16. The van der Waals surface area contributed by atoms with Crippen molar-refractivity contribution in [3.63, 3.8) is 0 Å². The number of ether oxygens (including phenoxy) is 2. The molecule has 2 aromatic rings. The first kappa shape index (κ1) is 22.2. The zero-order valence-electron chi connectivity index (χ0n) is 15.9. The van der Waals surface area contributed by atoms with Gasteiger partial charge < -0.3 is 15.2 Å². The number of halogens is 1. The minimum absolute atomic E-state index is 0.0547. The molecule has 8 nitrogen and oxygen atoms in total. The fourth-order valence-electron chi connectivity index (χ4n) is 3.02. The molecule has 1 saturated heterocycles. The number of carbonyl (C=O) groups is 2. The van der Waals surface area contributed by atoms with Crippen molar-refractivity contribution in [3.05, 3.63) is 64.7 Å². The van der Waals surface area contributed by atoms with E-state index in [-0.39, 0.29) is 28.1 Å². The van der Waals surface area contributed by atoms with E-state index in [1.807, 2.05) is 0 Å². The van der Waals surface area contributed by atoms with Gasteiger partial charge in [0.2, 0.25) is 16.1 Å². The monoisotopic (exact) mass is 452 g/mol. The lowest BCUT2D eigenvalue weighted by Crippen LogP contribution is -2.32. The second-order valence-electron chi connectivity index (χ2n) is 6.73. The van der Waals surface area contributed by atoms with Crippen molar-refractivity contribution < 1.29 is 27.5 Å². The first-order chi connectivity index (χ1) is 14.3. The van der Waals surface area contributed by atoms with E-state index in [2.05, 4.69) is 4.72 Å². The molecule has 0 saturated carbocycles. The van der Waals surface area contributed by atoms with Crippen LogP contribution in [0.15, 0.2) is 53.4 Å². The van der Waals surface area contributed by atoms with Gasteiger partial charge in [0.25, 0.3) is 5.91 Å². The topological polar surface area (TPSA) is 125 Å². The summed E-state index contributed by atoms with van der Waals surface area (Å²) in [5, 5.41) is -0.0547. The first-order valence-electron chi connectivity index (χ1n) is 9.24. The minimum atomic E-state index is -3.99. The van der Waals surface area contributed by atoms with Crippen molar-refractivity contribution in [1.82, 2.24) is 4.72 Å². The highest BCUT2D eigenvalue weighted by atomic mass is 35.5. The van der Waals surface area contributed by atoms with E-state index in [0.717, 1.165) is 18.9 Å². The summed E-state index contributed by atoms with van der Waals surface area (Å²) in [6, 6.07) is 12.0. The Morgan fingerprint density at radius 2 is 1.97 bits per heavy atom. The number of hydrogen-bond acceptors (Lipinski definition) is 6. The molecule has 160 valence electrons. The third-order valence-electron chi connectivity index (χ3n) is 4.57. The maximum Gasteiger partial charge on any atom is 0.339 e. The molecule has 10 heteroatoms. The molecule has 0 spiro atoms. The Kier molecular flexibility index (Phi) is 7.09. The molecule has 1 fully saturated rings. The molecular formula is C20H21ClN2O6S. The molecule has 0 aromatic heterocycles. The van der Waals surface area contributed by atoms with Crippen molar-refractivity contribution in [2.24, 2.45) is 5.73 Å². The summed E-state index contributed by atoms with van der Waals surface area (Å²) in [7, 11) is -3.99. The summed E-state index contributed by atoms with van der Waals surface area (Å²) in [5.74, 6) is -1.76. The van der Waals surface area contributed by atoms with Gasteiger partial charge >= 0.3 is 5.97 Å². The number of nitrogens with two attached hydrogens (primary N) is 1. The summed E-state index contributed by atoms with van der Waals surface area (Å²) in [6.07, 6.45) is 0.119. The predicted molar refractivity (Wildman–Crippen MR) is 109 cm³/mol. The highest BCUT2D eigenvalue weighted by Gasteiger charge is 2.26. The van der Waals surface area contributed by atoms with Crippen molar-refractivity contribution >= 4 is 33.5 Å². The van der Waals surface area contributed by atoms with Crippen LogP contribution < -0.4 is 10.5 Å². The van der Waals surface area contributed by atoms with Crippen LogP contribution in [0.4, 0.5) is 0 Å². The van der Waals surface area contributed by atoms with Gasteiger partial charge in [0.15, 0.2) is 0 Å². The Morgan fingerprint density at radius 3 is 2.60 bits per heavy atom. The molecule has 30 heavy (non-hydrogen) atoms. The number of hydrogen-bond donors (Lipinski definition) is 2. The molecule has 1 aliphatic heterocycles. The lowest BCUT2D eigenvalue weighted by molar-refractivity contribution is -0.127. The second-order valence-corrected chi connectivity index (χ2v) is 8.87. The molecule has 1 amide bonds. The largest absolute Gasteiger partial charge is 0.444 e. The number of rotatable bonds is 8. The van der Waals surface area contributed by atoms with Gasteiger partial charge in [0, 0.05) is 18.7 Å². The molecule has 0 unspecified atom stereocenters. The Hall–Kier alpha value is -2.46. The van der Waals surface area contributed by atoms with Crippen molar-refractivity contribution in [2.75, 3.05) is 13.2 Å². The maximum atomic E-state index is 12.7. The average Bonchev–Trinajstić information content (AvgIpc) is 3.25. The van der Waals surface area contributed by atoms with E-state index in [1.54, 1.807) is 30.3 Å². The Labute approximate surface area is 179 Å². The van der Waals surface area contributed by atoms with Crippen LogP contribution in [0, 0.1) is 0 Å². The van der Waals surface area contributed by atoms with Gasteiger partial charge in [-0.3, -0.25) is 4.79 Å². The van der Waals surface area contributed by atoms with Crippen molar-refractivity contribution in [2.45, 2.75) is 29.9 Å². The van der Waals surface area contributed by atoms with Crippen LogP contribution in [-0.4, -0.2) is 39.5 Å².